The summed E-state index contributed by atoms with van der Waals surface area (Å²) in [7, 11) is 2.19. The van der Waals surface area contributed by atoms with E-state index in [2.05, 4.69) is 25.8 Å². The van der Waals surface area contributed by atoms with Crippen LogP contribution in [0.1, 0.15) is 219 Å². The van der Waals surface area contributed by atoms with E-state index in [4.69, 9.17) is 9.47 Å². The van der Waals surface area contributed by atoms with E-state index in [0.717, 1.165) is 39.5 Å². The first-order valence-corrected chi connectivity index (χ1v) is 20.6. The second-order valence-electron chi connectivity index (χ2n) is 14.1. The lowest BCUT2D eigenvalue weighted by molar-refractivity contribution is 0.0814. The molecule has 0 aliphatic rings. The van der Waals surface area contributed by atoms with Crippen LogP contribution in [-0.2, 0) is 9.47 Å². The zero-order valence-corrected chi connectivity index (χ0v) is 32.4. The summed E-state index contributed by atoms with van der Waals surface area (Å²) >= 11 is 0. The van der Waals surface area contributed by atoms with Crippen LogP contribution in [0, 0.1) is 0 Å². The summed E-state index contributed by atoms with van der Waals surface area (Å²) < 4.78 is 11.8. The Labute approximate surface area is 291 Å². The van der Waals surface area contributed by atoms with Crippen LogP contribution in [0.15, 0.2) is 0 Å². The van der Waals surface area contributed by atoms with Gasteiger partial charge in [0.2, 0.25) is 0 Å². The monoisotopic (exact) mass is 660 g/mol. The van der Waals surface area contributed by atoms with E-state index in [1.54, 1.807) is 0 Å². The lowest BCUT2D eigenvalue weighted by atomic mass is 10.0. The second-order valence-corrected chi connectivity index (χ2v) is 14.1. The topological polar surface area (TPSA) is 21.7 Å². The zero-order valence-electron chi connectivity index (χ0n) is 31.5. The van der Waals surface area contributed by atoms with Gasteiger partial charge in [-0.1, -0.05) is 206 Å². The predicted octanol–water partition coefficient (Wildman–Crippen LogP) is 13.9. The molecule has 0 fully saturated rings. The number of unbranched alkanes of at least 4 members (excludes halogenated alkanes) is 30. The first-order valence-electron chi connectivity index (χ1n) is 20.6. The average Bonchev–Trinajstić information content (AvgIpc) is 3.03. The van der Waals surface area contributed by atoms with Crippen LogP contribution in [0.4, 0.5) is 0 Å². The lowest BCUT2D eigenvalue weighted by Crippen LogP contribution is -2.27. The molecule has 0 N–H and O–H groups in total. The first kappa shape index (κ1) is 47.3. The van der Waals surface area contributed by atoms with Gasteiger partial charge in [-0.15, -0.1) is 12.4 Å². The Morgan fingerprint density at radius 3 is 0.711 bits per heavy atom. The molecular formula is C41H86ClNO2. The molecule has 0 atom stereocenters. The maximum atomic E-state index is 5.88. The maximum Gasteiger partial charge on any atom is 0.0593 e. The molecule has 0 rings (SSSR count). The van der Waals surface area contributed by atoms with Crippen LogP contribution in [-0.4, -0.2) is 51.5 Å². The molecule has 0 aromatic carbocycles. The molecule has 0 radical (unpaired) electrons. The molecule has 3 nitrogen and oxygen atoms in total. The number of hydrogen-bond acceptors (Lipinski definition) is 3. The third-order valence-corrected chi connectivity index (χ3v) is 9.52. The molecule has 0 aliphatic heterocycles. The number of rotatable bonds is 40. The van der Waals surface area contributed by atoms with E-state index in [-0.39, 0.29) is 12.4 Å². The van der Waals surface area contributed by atoms with E-state index in [1.165, 1.54) is 205 Å². The Kier molecular flexibility index (Phi) is 46.4. The van der Waals surface area contributed by atoms with Gasteiger partial charge in [0.15, 0.2) is 0 Å². The molecule has 45 heavy (non-hydrogen) atoms. The molecule has 0 saturated carbocycles. The van der Waals surface area contributed by atoms with Crippen molar-refractivity contribution in [2.75, 3.05) is 46.6 Å². The SMILES string of the molecule is CCCCCCCCCCCCCCCCCCOCCN(C)CCOCCCCCCCCCCCCCCCCCC.Cl. The fourth-order valence-corrected chi connectivity index (χ4v) is 6.26. The van der Waals surface area contributed by atoms with E-state index in [1.807, 2.05) is 0 Å². The van der Waals surface area contributed by atoms with Gasteiger partial charge in [0, 0.05) is 26.3 Å². The quantitative estimate of drug-likeness (QED) is 0.0611. The van der Waals surface area contributed by atoms with Crippen molar-refractivity contribution in [3.05, 3.63) is 0 Å². The average molecular weight is 661 g/mol. The number of likely N-dealkylation sites (N-methyl/N-ethyl adjacent to an activating group) is 1. The highest BCUT2D eigenvalue weighted by molar-refractivity contribution is 5.85. The number of halogens is 1. The molecule has 0 heterocycles. The van der Waals surface area contributed by atoms with Gasteiger partial charge in [-0.2, -0.15) is 0 Å². The number of nitrogens with zero attached hydrogens (tertiary/aromatic N) is 1. The Balaban J connectivity index is 0. The fraction of sp³-hybridized carbons (Fsp3) is 1.00. The zero-order chi connectivity index (χ0) is 31.9. The summed E-state index contributed by atoms with van der Waals surface area (Å²) in [4.78, 5) is 2.35. The molecule has 0 bridgehead atoms. The van der Waals surface area contributed by atoms with E-state index < -0.39 is 0 Å². The Morgan fingerprint density at radius 1 is 0.289 bits per heavy atom. The van der Waals surface area contributed by atoms with Gasteiger partial charge in [0.25, 0.3) is 0 Å². The van der Waals surface area contributed by atoms with Crippen LogP contribution in [0.25, 0.3) is 0 Å². The summed E-state index contributed by atoms with van der Waals surface area (Å²) in [5, 5.41) is 0. The standard InChI is InChI=1S/C41H85NO2.ClH/c1-4-6-8-10-12-14-16-18-20-22-24-26-28-30-32-34-38-43-40-36-42(3)37-41-44-39-35-33-31-29-27-25-23-21-19-17-15-13-11-9-7-5-2;/h4-41H2,1-3H3;1H. The normalized spacial score (nSPS) is 11.5. The van der Waals surface area contributed by atoms with Gasteiger partial charge in [-0.05, 0) is 19.9 Å². The second kappa shape index (κ2) is 44.2. The summed E-state index contributed by atoms with van der Waals surface area (Å²) in [6.45, 7) is 10.2. The van der Waals surface area contributed by atoms with Gasteiger partial charge in [0.1, 0.15) is 0 Å². The van der Waals surface area contributed by atoms with Crippen molar-refractivity contribution in [3.63, 3.8) is 0 Å². The molecule has 4 heteroatoms. The Hall–Kier alpha value is 0.170. The fourth-order valence-electron chi connectivity index (χ4n) is 6.26. The largest absolute Gasteiger partial charge is 0.380 e. The van der Waals surface area contributed by atoms with Crippen LogP contribution in [0.2, 0.25) is 0 Å². The minimum atomic E-state index is 0. The van der Waals surface area contributed by atoms with Crippen molar-refractivity contribution < 1.29 is 9.47 Å². The van der Waals surface area contributed by atoms with Crippen molar-refractivity contribution >= 4 is 12.4 Å². The smallest absolute Gasteiger partial charge is 0.0593 e. The van der Waals surface area contributed by atoms with Crippen LogP contribution < -0.4 is 0 Å². The van der Waals surface area contributed by atoms with Gasteiger partial charge >= 0.3 is 0 Å². The summed E-state index contributed by atoms with van der Waals surface area (Å²) in [6.07, 6.45) is 45.5. The van der Waals surface area contributed by atoms with E-state index in [9.17, 15) is 0 Å². The predicted molar refractivity (Wildman–Crippen MR) is 205 cm³/mol. The third-order valence-electron chi connectivity index (χ3n) is 9.52. The van der Waals surface area contributed by atoms with Crippen molar-refractivity contribution in [2.24, 2.45) is 0 Å². The molecule has 0 spiro atoms. The molecule has 274 valence electrons. The van der Waals surface area contributed by atoms with Crippen molar-refractivity contribution in [1.29, 1.82) is 0 Å². The Bertz CT molecular complexity index is 450. The first-order chi connectivity index (χ1) is 21.8. The van der Waals surface area contributed by atoms with E-state index in [0.29, 0.717) is 0 Å². The number of hydrogen-bond donors (Lipinski definition) is 0. The van der Waals surface area contributed by atoms with Crippen molar-refractivity contribution in [3.8, 4) is 0 Å². The minimum Gasteiger partial charge on any atom is -0.380 e. The lowest BCUT2D eigenvalue weighted by Gasteiger charge is -2.16. The summed E-state index contributed by atoms with van der Waals surface area (Å²) in [6, 6.07) is 0. The van der Waals surface area contributed by atoms with Crippen LogP contribution in [0.5, 0.6) is 0 Å². The third kappa shape index (κ3) is 44.2. The highest BCUT2D eigenvalue weighted by Crippen LogP contribution is 2.15. The van der Waals surface area contributed by atoms with Crippen LogP contribution in [0.3, 0.4) is 0 Å². The van der Waals surface area contributed by atoms with E-state index >= 15 is 0 Å². The minimum absolute atomic E-state index is 0. The molecule has 0 aromatic heterocycles. The maximum absolute atomic E-state index is 5.88. The molecule has 0 unspecified atom stereocenters. The Morgan fingerprint density at radius 2 is 0.489 bits per heavy atom. The molecule has 0 aromatic rings. The summed E-state index contributed by atoms with van der Waals surface area (Å²) in [5.74, 6) is 0. The molecule has 0 amide bonds. The van der Waals surface area contributed by atoms with Crippen LogP contribution >= 0.6 is 12.4 Å². The molecular weight excluding hydrogens is 574 g/mol. The molecule has 0 aliphatic carbocycles. The van der Waals surface area contributed by atoms with Gasteiger partial charge in [-0.25, -0.2) is 0 Å². The van der Waals surface area contributed by atoms with Crippen molar-refractivity contribution in [1.82, 2.24) is 4.90 Å². The highest BCUT2D eigenvalue weighted by atomic mass is 35.5. The molecule has 0 saturated heterocycles. The van der Waals surface area contributed by atoms with Crippen molar-refractivity contribution in [2.45, 2.75) is 219 Å². The van der Waals surface area contributed by atoms with Gasteiger partial charge < -0.3 is 14.4 Å². The van der Waals surface area contributed by atoms with Gasteiger partial charge in [-0.3, -0.25) is 0 Å². The number of ether oxygens (including phenoxy) is 2. The highest BCUT2D eigenvalue weighted by Gasteiger charge is 2.00. The van der Waals surface area contributed by atoms with Gasteiger partial charge in [0.05, 0.1) is 13.2 Å². The summed E-state index contributed by atoms with van der Waals surface area (Å²) in [5.41, 5.74) is 0.